The monoisotopic (exact) mass is 276 g/mol. The Hall–Kier alpha value is -2.41. The van der Waals surface area contributed by atoms with Crippen molar-refractivity contribution in [2.24, 2.45) is 0 Å². The van der Waals surface area contributed by atoms with Crippen molar-refractivity contribution in [3.8, 4) is 0 Å². The molecule has 0 unspecified atom stereocenters. The number of rotatable bonds is 6. The van der Waals surface area contributed by atoms with Gasteiger partial charge < -0.3 is 15.5 Å². The summed E-state index contributed by atoms with van der Waals surface area (Å²) in [4.78, 5) is 10.9. The quantitative estimate of drug-likeness (QED) is 0.724. The van der Waals surface area contributed by atoms with Crippen LogP contribution in [0.15, 0.2) is 24.4 Å². The zero-order valence-electron chi connectivity index (χ0n) is 11.1. The molecule has 20 heavy (non-hydrogen) atoms. The van der Waals surface area contributed by atoms with Gasteiger partial charge in [-0.1, -0.05) is 11.3 Å². The average Bonchev–Trinajstić information content (AvgIpc) is 2.86. The van der Waals surface area contributed by atoms with Crippen molar-refractivity contribution in [3.63, 3.8) is 0 Å². The summed E-state index contributed by atoms with van der Waals surface area (Å²) in [6, 6.07) is 4.92. The Bertz CT molecular complexity index is 609. The number of aliphatic hydroxyl groups excluding tert-OH is 1. The van der Waals surface area contributed by atoms with E-state index in [4.69, 9.17) is 10.2 Å². The van der Waals surface area contributed by atoms with Crippen LogP contribution in [0, 0.1) is 6.92 Å². The lowest BCUT2D eigenvalue weighted by Gasteiger charge is -2.08. The van der Waals surface area contributed by atoms with Crippen LogP contribution in [-0.4, -0.2) is 37.8 Å². The van der Waals surface area contributed by atoms with Crippen LogP contribution in [0.1, 0.15) is 21.6 Å². The Labute approximate surface area is 115 Å². The number of carbonyl (C=O) groups is 1. The van der Waals surface area contributed by atoms with Gasteiger partial charge in [0.25, 0.3) is 0 Å². The summed E-state index contributed by atoms with van der Waals surface area (Å²) < 4.78 is 1.55. The van der Waals surface area contributed by atoms with Gasteiger partial charge in [0, 0.05) is 5.69 Å². The molecule has 1 heterocycles. The minimum atomic E-state index is -0.957. The van der Waals surface area contributed by atoms with Gasteiger partial charge >= 0.3 is 5.97 Å². The van der Waals surface area contributed by atoms with Crippen molar-refractivity contribution in [2.45, 2.75) is 20.0 Å². The number of nitrogens with zero attached hydrogens (tertiary/aromatic N) is 3. The minimum absolute atomic E-state index is 0.00991. The molecule has 1 aromatic heterocycles. The number of anilines is 1. The lowest BCUT2D eigenvalue weighted by molar-refractivity contribution is 0.0697. The fourth-order valence-corrected chi connectivity index (χ4v) is 1.76. The first kappa shape index (κ1) is 14.0. The number of aliphatic hydroxyl groups is 1. The molecule has 0 saturated heterocycles. The summed E-state index contributed by atoms with van der Waals surface area (Å²) in [7, 11) is 0. The molecule has 0 aliphatic carbocycles. The summed E-state index contributed by atoms with van der Waals surface area (Å²) in [5, 5.41) is 28.7. The van der Waals surface area contributed by atoms with Crippen LogP contribution in [-0.2, 0) is 13.1 Å². The second kappa shape index (κ2) is 6.16. The number of hydrogen-bond donors (Lipinski definition) is 3. The van der Waals surface area contributed by atoms with Crippen molar-refractivity contribution >= 4 is 11.7 Å². The molecule has 2 rings (SSSR count). The van der Waals surface area contributed by atoms with E-state index < -0.39 is 5.97 Å². The van der Waals surface area contributed by atoms with Gasteiger partial charge in [-0.2, -0.15) is 0 Å². The van der Waals surface area contributed by atoms with Gasteiger partial charge in [0.2, 0.25) is 0 Å². The summed E-state index contributed by atoms with van der Waals surface area (Å²) in [5.74, 6) is -0.957. The molecule has 0 bridgehead atoms. The molecular weight excluding hydrogens is 260 g/mol. The fourth-order valence-electron chi connectivity index (χ4n) is 1.76. The molecule has 0 aliphatic rings. The topological polar surface area (TPSA) is 100 Å². The van der Waals surface area contributed by atoms with Crippen molar-refractivity contribution < 1.29 is 15.0 Å². The first-order valence-electron chi connectivity index (χ1n) is 6.18. The molecule has 7 nitrogen and oxygen atoms in total. The van der Waals surface area contributed by atoms with Crippen LogP contribution < -0.4 is 5.32 Å². The molecule has 2 aromatic rings. The lowest BCUT2D eigenvalue weighted by Crippen LogP contribution is -2.04. The van der Waals surface area contributed by atoms with Gasteiger partial charge in [-0.15, -0.1) is 5.10 Å². The van der Waals surface area contributed by atoms with Crippen molar-refractivity contribution in [3.05, 3.63) is 41.2 Å². The van der Waals surface area contributed by atoms with E-state index in [9.17, 15) is 4.79 Å². The molecule has 106 valence electrons. The third kappa shape index (κ3) is 3.33. The number of aromatic carboxylic acids is 1. The zero-order chi connectivity index (χ0) is 14.5. The highest BCUT2D eigenvalue weighted by Crippen LogP contribution is 2.17. The zero-order valence-corrected chi connectivity index (χ0v) is 11.1. The number of nitrogens with one attached hydrogen (secondary N) is 1. The number of benzene rings is 1. The van der Waals surface area contributed by atoms with Crippen LogP contribution in [0.2, 0.25) is 0 Å². The minimum Gasteiger partial charge on any atom is -0.478 e. The molecule has 1 aromatic carbocycles. The summed E-state index contributed by atoms with van der Waals surface area (Å²) >= 11 is 0. The number of aryl methyl sites for hydroxylation is 1. The van der Waals surface area contributed by atoms with E-state index >= 15 is 0 Å². The van der Waals surface area contributed by atoms with Crippen molar-refractivity contribution in [2.75, 3.05) is 11.9 Å². The predicted molar refractivity (Wildman–Crippen MR) is 72.6 cm³/mol. The van der Waals surface area contributed by atoms with Gasteiger partial charge in [-0.25, -0.2) is 9.48 Å². The maximum Gasteiger partial charge on any atom is 0.335 e. The smallest absolute Gasteiger partial charge is 0.335 e. The Morgan fingerprint density at radius 1 is 1.45 bits per heavy atom. The van der Waals surface area contributed by atoms with Crippen LogP contribution >= 0.6 is 0 Å². The lowest BCUT2D eigenvalue weighted by atomic mass is 10.1. The van der Waals surface area contributed by atoms with Gasteiger partial charge in [-0.05, 0) is 24.6 Å². The molecule has 0 fully saturated rings. The van der Waals surface area contributed by atoms with E-state index in [1.54, 1.807) is 29.1 Å². The maximum absolute atomic E-state index is 10.9. The average molecular weight is 276 g/mol. The van der Waals surface area contributed by atoms with Crippen LogP contribution in [0.3, 0.4) is 0 Å². The van der Waals surface area contributed by atoms with Crippen molar-refractivity contribution in [1.29, 1.82) is 0 Å². The highest BCUT2D eigenvalue weighted by atomic mass is 16.4. The molecule has 7 heteroatoms. The van der Waals surface area contributed by atoms with Gasteiger partial charge in [0.1, 0.15) is 5.69 Å². The molecular formula is C13H16N4O3. The first-order chi connectivity index (χ1) is 9.60. The van der Waals surface area contributed by atoms with Gasteiger partial charge in [0.15, 0.2) is 0 Å². The number of aromatic nitrogens is 3. The second-order valence-corrected chi connectivity index (χ2v) is 4.38. The Morgan fingerprint density at radius 3 is 2.95 bits per heavy atom. The van der Waals surface area contributed by atoms with E-state index in [-0.39, 0.29) is 12.2 Å². The SMILES string of the molecule is Cc1ccc(C(=O)O)cc1NCc1cn(CCO)nn1. The molecule has 0 amide bonds. The van der Waals surface area contributed by atoms with E-state index in [0.717, 1.165) is 16.9 Å². The summed E-state index contributed by atoms with van der Waals surface area (Å²) in [6.07, 6.45) is 1.74. The number of carboxylic acid groups (broad SMARTS) is 1. The highest BCUT2D eigenvalue weighted by Gasteiger charge is 2.07. The number of hydrogen-bond acceptors (Lipinski definition) is 5. The largest absolute Gasteiger partial charge is 0.478 e. The van der Waals surface area contributed by atoms with Crippen LogP contribution in [0.5, 0.6) is 0 Å². The third-order valence-corrected chi connectivity index (χ3v) is 2.86. The van der Waals surface area contributed by atoms with E-state index in [1.165, 1.54) is 0 Å². The highest BCUT2D eigenvalue weighted by molar-refractivity contribution is 5.89. The second-order valence-electron chi connectivity index (χ2n) is 4.38. The first-order valence-corrected chi connectivity index (χ1v) is 6.18. The molecule has 0 radical (unpaired) electrons. The third-order valence-electron chi connectivity index (χ3n) is 2.86. The van der Waals surface area contributed by atoms with E-state index in [0.29, 0.717) is 13.1 Å². The number of carboxylic acids is 1. The normalized spacial score (nSPS) is 10.5. The predicted octanol–water partition coefficient (Wildman–Crippen LogP) is 0.889. The maximum atomic E-state index is 10.9. The standard InChI is InChI=1S/C13H16N4O3/c1-9-2-3-10(13(19)20)6-12(9)14-7-11-8-17(4-5-18)16-15-11/h2-3,6,8,14,18H,4-5,7H2,1H3,(H,19,20). The molecule has 0 atom stereocenters. The van der Waals surface area contributed by atoms with Gasteiger partial charge in [0.05, 0.1) is 31.5 Å². The van der Waals surface area contributed by atoms with Gasteiger partial charge in [-0.3, -0.25) is 0 Å². The summed E-state index contributed by atoms with van der Waals surface area (Å²) in [5.41, 5.74) is 2.67. The van der Waals surface area contributed by atoms with E-state index in [2.05, 4.69) is 15.6 Å². The Morgan fingerprint density at radius 2 is 2.25 bits per heavy atom. The summed E-state index contributed by atoms with van der Waals surface area (Å²) in [6.45, 7) is 2.75. The molecule has 0 saturated carbocycles. The van der Waals surface area contributed by atoms with Crippen LogP contribution in [0.4, 0.5) is 5.69 Å². The van der Waals surface area contributed by atoms with E-state index in [1.807, 2.05) is 6.92 Å². The van der Waals surface area contributed by atoms with Crippen molar-refractivity contribution in [1.82, 2.24) is 15.0 Å². The molecule has 0 aliphatic heterocycles. The Balaban J connectivity index is 2.05. The van der Waals surface area contributed by atoms with Crippen LogP contribution in [0.25, 0.3) is 0 Å². The molecule has 0 spiro atoms. The molecule has 3 N–H and O–H groups in total. The fraction of sp³-hybridized carbons (Fsp3) is 0.308. The Kier molecular flexibility index (Phi) is 4.31.